The smallest absolute Gasteiger partial charge is 0.0792 e. The number of nitrogens with one attached hydrogen (secondary N) is 1. The van der Waals surface area contributed by atoms with Crippen molar-refractivity contribution in [3.63, 3.8) is 0 Å². The molecule has 0 aromatic rings. The van der Waals surface area contributed by atoms with Gasteiger partial charge in [0.2, 0.25) is 0 Å². The van der Waals surface area contributed by atoms with Gasteiger partial charge in [-0.15, -0.1) is 0 Å². The fourth-order valence-corrected chi connectivity index (χ4v) is 0.905. The lowest BCUT2D eigenvalue weighted by molar-refractivity contribution is -0.870. The molecule has 0 aliphatic heterocycles. The van der Waals surface area contributed by atoms with Crippen LogP contribution in [0.15, 0.2) is 0 Å². The summed E-state index contributed by atoms with van der Waals surface area (Å²) >= 11 is 0. The quantitative estimate of drug-likeness (QED) is 0.444. The first-order valence-electron chi connectivity index (χ1n) is 4.27. The van der Waals surface area contributed by atoms with E-state index in [9.17, 15) is 0 Å². The van der Waals surface area contributed by atoms with Gasteiger partial charge in [0.25, 0.3) is 0 Å². The highest BCUT2D eigenvalue weighted by molar-refractivity contribution is 4.48. The van der Waals surface area contributed by atoms with Gasteiger partial charge in [-0.25, -0.2) is 0 Å². The molecule has 0 bridgehead atoms. The molecule has 0 saturated carbocycles. The van der Waals surface area contributed by atoms with Crippen LogP contribution in [0.25, 0.3) is 0 Å². The van der Waals surface area contributed by atoms with Crippen molar-refractivity contribution in [1.82, 2.24) is 5.32 Å². The lowest BCUT2D eigenvalue weighted by atomic mass is 10.3. The molecule has 2 nitrogen and oxygen atoms in total. The van der Waals surface area contributed by atoms with Gasteiger partial charge in [0.1, 0.15) is 0 Å². The molecule has 66 valence electrons. The van der Waals surface area contributed by atoms with Crippen LogP contribution in [0.4, 0.5) is 0 Å². The minimum atomic E-state index is 0.740. The molecular weight excluding hydrogens is 136 g/mol. The molecule has 0 amide bonds. The Morgan fingerprint density at radius 1 is 1.18 bits per heavy atom. The van der Waals surface area contributed by atoms with Gasteiger partial charge in [-0.2, -0.15) is 0 Å². The van der Waals surface area contributed by atoms with Crippen molar-refractivity contribution in [3.8, 4) is 0 Å². The summed E-state index contributed by atoms with van der Waals surface area (Å²) in [4.78, 5) is 0. The van der Waals surface area contributed by atoms with Gasteiger partial charge in [-0.1, -0.05) is 0 Å². The number of hydrogen-bond acceptors (Lipinski definition) is 1. The highest BCUT2D eigenvalue weighted by Crippen LogP contribution is 1.91. The highest BCUT2D eigenvalue weighted by Gasteiger charge is 2.04. The number of nitrogens with zero attached hydrogens (tertiary/aromatic N) is 1. The van der Waals surface area contributed by atoms with Crippen LogP contribution in [0.5, 0.6) is 0 Å². The fourth-order valence-electron chi connectivity index (χ4n) is 0.905. The van der Waals surface area contributed by atoms with Crippen LogP contribution in [-0.2, 0) is 0 Å². The maximum Gasteiger partial charge on any atom is 0.0792 e. The SMILES string of the molecule is [CH]CCNCCC[N+](C)(C)C. The van der Waals surface area contributed by atoms with Crippen LogP contribution >= 0.6 is 0 Å². The second kappa shape index (κ2) is 5.56. The van der Waals surface area contributed by atoms with E-state index in [1.165, 1.54) is 13.0 Å². The maximum absolute atomic E-state index is 5.33. The predicted molar refractivity (Wildman–Crippen MR) is 49.3 cm³/mol. The molecule has 0 aromatic carbocycles. The molecular formula is C9H21N2+. The summed E-state index contributed by atoms with van der Waals surface area (Å²) in [6, 6.07) is 0. The Morgan fingerprint density at radius 3 is 2.27 bits per heavy atom. The Bertz CT molecular complexity index is 84.1. The standard InChI is InChI=1S/C9H21N2/c1-5-7-10-8-6-9-11(2,3)4/h1,10H,5-9H2,2-4H3/q+1. The van der Waals surface area contributed by atoms with Crippen LogP contribution in [-0.4, -0.2) is 45.3 Å². The lowest BCUT2D eigenvalue weighted by Crippen LogP contribution is -2.36. The predicted octanol–water partition coefficient (Wildman–Crippen LogP) is 0.773. The fraction of sp³-hybridized carbons (Fsp3) is 0.889. The zero-order chi connectivity index (χ0) is 8.74. The molecule has 0 spiro atoms. The van der Waals surface area contributed by atoms with Crippen molar-refractivity contribution in [2.45, 2.75) is 12.8 Å². The molecule has 11 heavy (non-hydrogen) atoms. The third kappa shape index (κ3) is 9.92. The Labute approximate surface area is 71.2 Å². The molecule has 0 aromatic heterocycles. The van der Waals surface area contributed by atoms with E-state index in [1.54, 1.807) is 0 Å². The van der Waals surface area contributed by atoms with Gasteiger partial charge in [0, 0.05) is 13.0 Å². The van der Waals surface area contributed by atoms with Gasteiger partial charge in [0.15, 0.2) is 0 Å². The van der Waals surface area contributed by atoms with Crippen molar-refractivity contribution in [1.29, 1.82) is 0 Å². The molecule has 0 fully saturated rings. The van der Waals surface area contributed by atoms with E-state index in [1.807, 2.05) is 0 Å². The molecule has 0 atom stereocenters. The van der Waals surface area contributed by atoms with E-state index in [2.05, 4.69) is 26.5 Å². The zero-order valence-corrected chi connectivity index (χ0v) is 8.06. The van der Waals surface area contributed by atoms with Crippen molar-refractivity contribution < 1.29 is 4.48 Å². The molecule has 2 radical (unpaired) electrons. The van der Waals surface area contributed by atoms with Gasteiger partial charge < -0.3 is 9.80 Å². The third-order valence-corrected chi connectivity index (χ3v) is 1.50. The van der Waals surface area contributed by atoms with E-state index >= 15 is 0 Å². The van der Waals surface area contributed by atoms with E-state index in [4.69, 9.17) is 6.92 Å². The molecule has 1 N–H and O–H groups in total. The first-order valence-corrected chi connectivity index (χ1v) is 4.27. The van der Waals surface area contributed by atoms with Crippen LogP contribution in [0.1, 0.15) is 12.8 Å². The Balaban J connectivity index is 3.02. The minimum Gasteiger partial charge on any atom is -0.331 e. The maximum atomic E-state index is 5.33. The molecule has 0 heterocycles. The monoisotopic (exact) mass is 157 g/mol. The lowest BCUT2D eigenvalue weighted by Gasteiger charge is -2.23. The third-order valence-electron chi connectivity index (χ3n) is 1.50. The van der Waals surface area contributed by atoms with E-state index in [0.717, 1.165) is 24.0 Å². The number of hydrogen-bond donors (Lipinski definition) is 1. The second-order valence-electron chi connectivity index (χ2n) is 3.91. The molecule has 0 rings (SSSR count). The normalized spacial score (nSPS) is 12.0. The van der Waals surface area contributed by atoms with Gasteiger partial charge in [-0.3, -0.25) is 0 Å². The van der Waals surface area contributed by atoms with Crippen molar-refractivity contribution in [2.24, 2.45) is 0 Å². The van der Waals surface area contributed by atoms with Crippen molar-refractivity contribution in [2.75, 3.05) is 40.8 Å². The van der Waals surface area contributed by atoms with Crippen LogP contribution in [0, 0.1) is 6.92 Å². The van der Waals surface area contributed by atoms with Crippen LogP contribution in [0.2, 0.25) is 0 Å². The topological polar surface area (TPSA) is 12.0 Å². The van der Waals surface area contributed by atoms with Crippen LogP contribution < -0.4 is 5.32 Å². The summed E-state index contributed by atoms with van der Waals surface area (Å²) in [7, 11) is 6.63. The summed E-state index contributed by atoms with van der Waals surface area (Å²) in [5.41, 5.74) is 0. The summed E-state index contributed by atoms with van der Waals surface area (Å²) < 4.78 is 1.05. The second-order valence-corrected chi connectivity index (χ2v) is 3.91. The van der Waals surface area contributed by atoms with E-state index < -0.39 is 0 Å². The van der Waals surface area contributed by atoms with Gasteiger partial charge in [0.05, 0.1) is 27.7 Å². The number of quaternary nitrogens is 1. The molecule has 0 aliphatic rings. The Kier molecular flexibility index (Phi) is 5.51. The Hall–Kier alpha value is -0.0800. The molecule has 0 aliphatic carbocycles. The first-order chi connectivity index (χ1) is 5.06. The average Bonchev–Trinajstić information content (AvgIpc) is 1.85. The van der Waals surface area contributed by atoms with E-state index in [-0.39, 0.29) is 0 Å². The Morgan fingerprint density at radius 2 is 1.82 bits per heavy atom. The molecule has 0 saturated heterocycles. The summed E-state index contributed by atoms with van der Waals surface area (Å²) in [6.45, 7) is 8.58. The first kappa shape index (κ1) is 10.9. The highest BCUT2D eigenvalue weighted by atomic mass is 15.3. The molecule has 2 heteroatoms. The minimum absolute atomic E-state index is 0.740. The van der Waals surface area contributed by atoms with Crippen LogP contribution in [0.3, 0.4) is 0 Å². The van der Waals surface area contributed by atoms with Gasteiger partial charge >= 0.3 is 0 Å². The largest absolute Gasteiger partial charge is 0.331 e. The zero-order valence-electron chi connectivity index (χ0n) is 8.06. The summed E-state index contributed by atoms with van der Waals surface area (Å²) in [5, 5.41) is 3.27. The van der Waals surface area contributed by atoms with Crippen molar-refractivity contribution >= 4 is 0 Å². The van der Waals surface area contributed by atoms with Crippen molar-refractivity contribution in [3.05, 3.63) is 6.92 Å². The molecule has 0 unspecified atom stereocenters. The van der Waals surface area contributed by atoms with Gasteiger partial charge in [-0.05, 0) is 19.9 Å². The summed E-state index contributed by atoms with van der Waals surface area (Å²) in [6.07, 6.45) is 1.97. The van der Waals surface area contributed by atoms with E-state index in [0.29, 0.717) is 0 Å². The summed E-state index contributed by atoms with van der Waals surface area (Å²) in [5.74, 6) is 0. The average molecular weight is 157 g/mol. The number of rotatable bonds is 6.